The van der Waals surface area contributed by atoms with Crippen LogP contribution in [0, 0.1) is 6.92 Å². The summed E-state index contributed by atoms with van der Waals surface area (Å²) in [4.78, 5) is 36.1. The number of nitrogens with two attached hydrogens (primary N) is 1. The van der Waals surface area contributed by atoms with E-state index in [1.807, 2.05) is 0 Å². The van der Waals surface area contributed by atoms with Gasteiger partial charge in [-0.05, 0) is 24.6 Å². The Balaban J connectivity index is 2.29. The van der Waals surface area contributed by atoms with E-state index in [-0.39, 0.29) is 23.8 Å². The zero-order chi connectivity index (χ0) is 15.7. The molecule has 1 aliphatic heterocycles. The average molecular weight is 291 g/mol. The molecule has 7 heteroatoms. The number of carbonyl (C=O) groups excluding carboxylic acids is 3. The van der Waals surface area contributed by atoms with E-state index in [4.69, 9.17) is 5.73 Å². The molecule has 2 rings (SSSR count). The van der Waals surface area contributed by atoms with Crippen LogP contribution in [0.3, 0.4) is 0 Å². The lowest BCUT2D eigenvalue weighted by Crippen LogP contribution is -2.31. The number of hydrogen-bond donors (Lipinski definition) is 2. The van der Waals surface area contributed by atoms with Crippen molar-refractivity contribution in [2.75, 3.05) is 25.2 Å². The van der Waals surface area contributed by atoms with Gasteiger partial charge in [-0.3, -0.25) is 14.5 Å². The first-order chi connectivity index (χ1) is 9.85. The van der Waals surface area contributed by atoms with E-state index < -0.39 is 12.0 Å². The highest BCUT2D eigenvalue weighted by Crippen LogP contribution is 2.25. The van der Waals surface area contributed by atoms with Crippen LogP contribution in [-0.4, -0.2) is 42.9 Å². The summed E-state index contributed by atoms with van der Waals surface area (Å²) in [5.41, 5.74) is 7.64. The highest BCUT2D eigenvalue weighted by atomic mass is 16.5. The molecule has 1 saturated heterocycles. The maximum atomic E-state index is 11.9. The van der Waals surface area contributed by atoms with E-state index in [1.54, 1.807) is 13.0 Å². The molecule has 3 N–H and O–H groups in total. The third kappa shape index (κ3) is 2.67. The number of rotatable bonds is 3. The Bertz CT molecular complexity index is 627. The summed E-state index contributed by atoms with van der Waals surface area (Å²) in [6, 6.07) is 2.61. The molecule has 21 heavy (non-hydrogen) atoms. The predicted molar refractivity (Wildman–Crippen MR) is 76.7 cm³/mol. The van der Waals surface area contributed by atoms with Gasteiger partial charge in [0.1, 0.15) is 6.04 Å². The summed E-state index contributed by atoms with van der Waals surface area (Å²) in [5.74, 6) is -1.09. The number of carbonyl (C=O) groups is 3. The van der Waals surface area contributed by atoms with Crippen LogP contribution in [0.15, 0.2) is 12.1 Å². The second-order valence-electron chi connectivity index (χ2n) is 4.94. The molecule has 0 aromatic heterocycles. The number of imide groups is 1. The zero-order valence-corrected chi connectivity index (χ0v) is 12.1. The fraction of sp³-hybridized carbons (Fsp3) is 0.357. The lowest BCUT2D eigenvalue weighted by Gasteiger charge is -2.15. The lowest BCUT2D eigenvalue weighted by atomic mass is 10.1. The number of likely N-dealkylation sites (N-methyl/N-ethyl adjacent to an activating group) is 1. The summed E-state index contributed by atoms with van der Waals surface area (Å²) < 4.78 is 4.68. The largest absolute Gasteiger partial charge is 0.465 e. The Hall–Kier alpha value is -2.57. The Morgan fingerprint density at radius 2 is 2.10 bits per heavy atom. The molecule has 2 amide bonds. The van der Waals surface area contributed by atoms with Crippen molar-refractivity contribution in [3.05, 3.63) is 23.3 Å². The van der Waals surface area contributed by atoms with Crippen LogP contribution in [0.2, 0.25) is 0 Å². The van der Waals surface area contributed by atoms with Crippen LogP contribution in [-0.2, 0) is 14.3 Å². The number of benzene rings is 1. The second-order valence-corrected chi connectivity index (χ2v) is 4.94. The molecule has 1 fully saturated rings. The Labute approximate surface area is 122 Å². The van der Waals surface area contributed by atoms with E-state index in [2.05, 4.69) is 10.1 Å². The van der Waals surface area contributed by atoms with E-state index in [9.17, 15) is 14.4 Å². The second kappa shape index (κ2) is 5.43. The van der Waals surface area contributed by atoms with Gasteiger partial charge in [0, 0.05) is 18.4 Å². The lowest BCUT2D eigenvalue weighted by molar-refractivity contribution is -0.136. The van der Waals surface area contributed by atoms with E-state index in [1.165, 1.54) is 20.2 Å². The minimum atomic E-state index is -0.629. The van der Waals surface area contributed by atoms with Crippen molar-refractivity contribution in [1.82, 2.24) is 4.90 Å². The zero-order valence-electron chi connectivity index (χ0n) is 12.1. The highest BCUT2D eigenvalue weighted by Gasteiger charge is 2.36. The van der Waals surface area contributed by atoms with Crippen LogP contribution in [0.4, 0.5) is 11.4 Å². The number of nitrogens with zero attached hydrogens (tertiary/aromatic N) is 1. The van der Waals surface area contributed by atoms with Crippen molar-refractivity contribution >= 4 is 29.2 Å². The molecule has 1 aromatic carbocycles. The summed E-state index contributed by atoms with van der Waals surface area (Å²) in [7, 11) is 2.71. The number of aryl methyl sites for hydroxylation is 1. The molecule has 1 atom stereocenters. The number of nitrogen functional groups attached to an aromatic ring is 1. The van der Waals surface area contributed by atoms with Crippen molar-refractivity contribution in [3.8, 4) is 0 Å². The van der Waals surface area contributed by atoms with Crippen molar-refractivity contribution in [2.24, 2.45) is 0 Å². The van der Waals surface area contributed by atoms with Crippen LogP contribution < -0.4 is 11.1 Å². The monoisotopic (exact) mass is 291 g/mol. The number of likely N-dealkylation sites (tertiary alicyclic amines) is 1. The minimum absolute atomic E-state index is 0.0896. The van der Waals surface area contributed by atoms with Gasteiger partial charge in [-0.15, -0.1) is 0 Å². The topological polar surface area (TPSA) is 102 Å². The number of amides is 2. The summed E-state index contributed by atoms with van der Waals surface area (Å²) in [6.45, 7) is 1.75. The Kier molecular flexibility index (Phi) is 3.84. The predicted octanol–water partition coefficient (Wildman–Crippen LogP) is 0.533. The Morgan fingerprint density at radius 3 is 2.62 bits per heavy atom. The maximum Gasteiger partial charge on any atom is 0.340 e. The van der Waals surface area contributed by atoms with Crippen molar-refractivity contribution < 1.29 is 19.1 Å². The van der Waals surface area contributed by atoms with Crippen LogP contribution in [0.5, 0.6) is 0 Å². The van der Waals surface area contributed by atoms with Gasteiger partial charge in [0.25, 0.3) is 5.91 Å². The third-order valence-electron chi connectivity index (χ3n) is 3.51. The molecule has 0 saturated carbocycles. The first-order valence-corrected chi connectivity index (χ1v) is 6.40. The summed E-state index contributed by atoms with van der Waals surface area (Å²) in [6.07, 6.45) is 0.0896. The highest BCUT2D eigenvalue weighted by molar-refractivity contribution is 6.06. The SMILES string of the molecule is COC(=O)c1cc(NC2CC(=O)N(C)C2=O)cc(C)c1N. The van der Waals surface area contributed by atoms with Crippen LogP contribution >= 0.6 is 0 Å². The van der Waals surface area contributed by atoms with Gasteiger partial charge in [0.05, 0.1) is 19.1 Å². The normalized spacial score (nSPS) is 18.0. The van der Waals surface area contributed by atoms with Gasteiger partial charge < -0.3 is 15.8 Å². The van der Waals surface area contributed by atoms with Gasteiger partial charge in [0.2, 0.25) is 5.91 Å². The number of nitrogens with one attached hydrogen (secondary N) is 1. The molecule has 0 bridgehead atoms. The molecule has 1 heterocycles. The van der Waals surface area contributed by atoms with Gasteiger partial charge in [-0.25, -0.2) is 4.79 Å². The van der Waals surface area contributed by atoms with Crippen LogP contribution in [0.25, 0.3) is 0 Å². The standard InChI is InChI=1S/C14H17N3O4/c1-7-4-8(5-9(12(7)15)14(20)21-3)16-10-6-11(18)17(2)13(10)19/h4-5,10,16H,6,15H2,1-3H3. The number of hydrogen-bond acceptors (Lipinski definition) is 6. The smallest absolute Gasteiger partial charge is 0.340 e. The quantitative estimate of drug-likeness (QED) is 0.478. The number of esters is 1. The molecule has 1 unspecified atom stereocenters. The first-order valence-electron chi connectivity index (χ1n) is 6.40. The minimum Gasteiger partial charge on any atom is -0.465 e. The van der Waals surface area contributed by atoms with Crippen LogP contribution in [0.1, 0.15) is 22.3 Å². The van der Waals surface area contributed by atoms with E-state index in [0.29, 0.717) is 16.9 Å². The van der Waals surface area contributed by atoms with Crippen molar-refractivity contribution in [3.63, 3.8) is 0 Å². The molecule has 1 aliphatic rings. The fourth-order valence-corrected chi connectivity index (χ4v) is 2.23. The number of methoxy groups -OCH3 is 1. The molecule has 0 aliphatic carbocycles. The summed E-state index contributed by atoms with van der Waals surface area (Å²) in [5, 5.41) is 2.96. The van der Waals surface area contributed by atoms with Crippen molar-refractivity contribution in [1.29, 1.82) is 0 Å². The molecule has 0 radical (unpaired) electrons. The van der Waals surface area contributed by atoms with E-state index in [0.717, 1.165) is 4.90 Å². The fourth-order valence-electron chi connectivity index (χ4n) is 2.23. The molecule has 0 spiro atoms. The molecular formula is C14H17N3O4. The van der Waals surface area contributed by atoms with Crippen molar-refractivity contribution in [2.45, 2.75) is 19.4 Å². The summed E-state index contributed by atoms with van der Waals surface area (Å²) >= 11 is 0. The average Bonchev–Trinajstić information content (AvgIpc) is 2.69. The molecule has 112 valence electrons. The maximum absolute atomic E-state index is 11.9. The molecule has 1 aromatic rings. The van der Waals surface area contributed by atoms with Gasteiger partial charge >= 0.3 is 5.97 Å². The number of ether oxygens (including phenoxy) is 1. The van der Waals surface area contributed by atoms with Gasteiger partial charge in [-0.2, -0.15) is 0 Å². The van der Waals surface area contributed by atoms with Gasteiger partial charge in [-0.1, -0.05) is 0 Å². The molecule has 7 nitrogen and oxygen atoms in total. The van der Waals surface area contributed by atoms with Gasteiger partial charge in [0.15, 0.2) is 0 Å². The Morgan fingerprint density at radius 1 is 1.43 bits per heavy atom. The third-order valence-corrected chi connectivity index (χ3v) is 3.51. The molecular weight excluding hydrogens is 274 g/mol. The van der Waals surface area contributed by atoms with E-state index >= 15 is 0 Å². The number of anilines is 2. The first kappa shape index (κ1) is 14.8.